The van der Waals surface area contributed by atoms with E-state index in [1.54, 1.807) is 6.07 Å². The van der Waals surface area contributed by atoms with E-state index in [4.69, 9.17) is 9.15 Å². The Labute approximate surface area is 163 Å². The first-order valence-corrected chi connectivity index (χ1v) is 9.39. The maximum absolute atomic E-state index is 14.0. The van der Waals surface area contributed by atoms with Crippen LogP contribution in [0.15, 0.2) is 45.6 Å². The highest BCUT2D eigenvalue weighted by Gasteiger charge is 2.16. The lowest BCUT2D eigenvalue weighted by atomic mass is 10.0. The first-order valence-electron chi connectivity index (χ1n) is 9.39. The minimum absolute atomic E-state index is 0.128. The number of nitrogens with one attached hydrogen (secondary N) is 1. The Morgan fingerprint density at radius 1 is 1.11 bits per heavy atom. The van der Waals surface area contributed by atoms with Crippen molar-refractivity contribution in [1.29, 1.82) is 0 Å². The highest BCUT2D eigenvalue weighted by molar-refractivity contribution is 5.82. The fourth-order valence-corrected chi connectivity index (χ4v) is 3.43. The lowest BCUT2D eigenvalue weighted by molar-refractivity contribution is -0.925. The number of hydrogen-bond donors (Lipinski definition) is 2. The maximum atomic E-state index is 14.0. The normalized spacial score (nSPS) is 12.3. The highest BCUT2D eigenvalue weighted by atomic mass is 19.1. The Balaban J connectivity index is 1.93. The third-order valence-electron chi connectivity index (χ3n) is 5.02. The molecule has 1 heterocycles. The van der Waals surface area contributed by atoms with Gasteiger partial charge in [-0.1, -0.05) is 6.92 Å². The van der Waals surface area contributed by atoms with Gasteiger partial charge in [0.25, 0.3) is 0 Å². The summed E-state index contributed by atoms with van der Waals surface area (Å²) in [6.07, 6.45) is 0.676. The fraction of sp³-hybridized carbons (Fsp3) is 0.318. The molecule has 5 nitrogen and oxygen atoms in total. The van der Waals surface area contributed by atoms with Gasteiger partial charge in [-0.25, -0.2) is 9.18 Å². The van der Waals surface area contributed by atoms with Crippen LogP contribution in [0.1, 0.15) is 30.5 Å². The summed E-state index contributed by atoms with van der Waals surface area (Å²) in [5.74, 6) is -0.0339. The molecule has 28 heavy (non-hydrogen) atoms. The van der Waals surface area contributed by atoms with Crippen LogP contribution in [0.3, 0.4) is 0 Å². The van der Waals surface area contributed by atoms with E-state index in [0.717, 1.165) is 28.6 Å². The van der Waals surface area contributed by atoms with E-state index in [-0.39, 0.29) is 17.3 Å². The predicted octanol–water partition coefficient (Wildman–Crippen LogP) is 2.81. The summed E-state index contributed by atoms with van der Waals surface area (Å²) in [6, 6.07) is 9.85. The van der Waals surface area contributed by atoms with Gasteiger partial charge in [-0.2, -0.15) is 0 Å². The van der Waals surface area contributed by atoms with Crippen molar-refractivity contribution in [3.63, 3.8) is 0 Å². The number of benzene rings is 2. The Morgan fingerprint density at radius 2 is 1.89 bits per heavy atom. The Morgan fingerprint density at radius 3 is 2.54 bits per heavy atom. The topological polar surface area (TPSA) is 64.1 Å². The summed E-state index contributed by atoms with van der Waals surface area (Å²) in [4.78, 5) is 13.2. The molecule has 0 radical (unpaired) electrons. The summed E-state index contributed by atoms with van der Waals surface area (Å²) in [6.45, 7) is 6.00. The van der Waals surface area contributed by atoms with Gasteiger partial charge in [-0.15, -0.1) is 0 Å². The number of aromatic hydroxyl groups is 1. The maximum Gasteiger partial charge on any atom is 0.336 e. The molecule has 0 bridgehead atoms. The number of phenols is 1. The highest BCUT2D eigenvalue weighted by Crippen LogP contribution is 2.26. The summed E-state index contributed by atoms with van der Waals surface area (Å²) in [5.41, 5.74) is 2.44. The Bertz CT molecular complexity index is 1040. The molecule has 0 spiro atoms. The third-order valence-corrected chi connectivity index (χ3v) is 5.02. The molecule has 0 saturated carbocycles. The van der Waals surface area contributed by atoms with Gasteiger partial charge >= 0.3 is 5.63 Å². The van der Waals surface area contributed by atoms with Gasteiger partial charge in [0.1, 0.15) is 24.4 Å². The van der Waals surface area contributed by atoms with Crippen molar-refractivity contribution in [1.82, 2.24) is 0 Å². The Kier molecular flexibility index (Phi) is 5.99. The zero-order valence-electron chi connectivity index (χ0n) is 16.3. The number of aryl methyl sites for hydroxylation is 1. The van der Waals surface area contributed by atoms with Crippen LogP contribution < -0.4 is 15.3 Å². The molecule has 2 N–H and O–H groups in total. The first kappa shape index (κ1) is 19.9. The summed E-state index contributed by atoms with van der Waals surface area (Å²) in [7, 11) is 1.44. The van der Waals surface area contributed by atoms with E-state index >= 15 is 0 Å². The quantitative estimate of drug-likeness (QED) is 0.613. The van der Waals surface area contributed by atoms with Crippen LogP contribution in [0.25, 0.3) is 11.0 Å². The standard InChI is InChI=1S/C22H24FNO4/c1-4-15-9-17-16(10-22(26)28-21(17)11-19(15)25)13-24(5-2)12-14-6-7-20(27-3)18(23)8-14/h6-11,25H,4-5,12-13H2,1-3H3/p+1. The van der Waals surface area contributed by atoms with Gasteiger partial charge in [0.2, 0.25) is 0 Å². The van der Waals surface area contributed by atoms with Crippen LogP contribution in [0.5, 0.6) is 11.5 Å². The lowest BCUT2D eigenvalue weighted by Crippen LogP contribution is -3.09. The molecular formula is C22H25FNO4+. The SMILES string of the molecule is CCc1cc2c(C[NH+](CC)Cc3ccc(OC)c(F)c3)cc(=O)oc2cc1O. The molecule has 0 saturated heterocycles. The van der Waals surface area contributed by atoms with Crippen molar-refractivity contribution in [2.24, 2.45) is 0 Å². The second-order valence-electron chi connectivity index (χ2n) is 6.85. The molecule has 2 aromatic carbocycles. The van der Waals surface area contributed by atoms with Crippen LogP contribution in [-0.4, -0.2) is 18.8 Å². The van der Waals surface area contributed by atoms with Crippen molar-refractivity contribution < 1.29 is 23.6 Å². The number of halogens is 1. The molecule has 148 valence electrons. The van der Waals surface area contributed by atoms with Crippen LogP contribution in [0, 0.1) is 5.82 Å². The van der Waals surface area contributed by atoms with Crippen LogP contribution >= 0.6 is 0 Å². The molecule has 0 fully saturated rings. The largest absolute Gasteiger partial charge is 0.508 e. The number of ether oxygens (including phenoxy) is 1. The second kappa shape index (κ2) is 8.44. The van der Waals surface area contributed by atoms with Gasteiger partial charge < -0.3 is 19.2 Å². The summed E-state index contributed by atoms with van der Waals surface area (Å²) < 4.78 is 24.2. The summed E-state index contributed by atoms with van der Waals surface area (Å²) in [5, 5.41) is 10.9. The summed E-state index contributed by atoms with van der Waals surface area (Å²) >= 11 is 0. The molecule has 3 aromatic rings. The van der Waals surface area contributed by atoms with E-state index in [2.05, 4.69) is 0 Å². The number of rotatable bonds is 7. The van der Waals surface area contributed by atoms with Crippen LogP contribution in [0.4, 0.5) is 4.39 Å². The number of methoxy groups -OCH3 is 1. The average Bonchev–Trinajstić information content (AvgIpc) is 2.67. The molecule has 1 atom stereocenters. The molecular weight excluding hydrogens is 361 g/mol. The van der Waals surface area contributed by atoms with Crippen molar-refractivity contribution in [3.8, 4) is 11.5 Å². The number of fused-ring (bicyclic) bond motifs is 1. The van der Waals surface area contributed by atoms with Crippen molar-refractivity contribution >= 4 is 11.0 Å². The molecule has 0 aliphatic rings. The van der Waals surface area contributed by atoms with E-state index in [0.29, 0.717) is 25.1 Å². The average molecular weight is 386 g/mol. The van der Waals surface area contributed by atoms with E-state index in [9.17, 15) is 14.3 Å². The zero-order chi connectivity index (χ0) is 20.3. The van der Waals surface area contributed by atoms with Gasteiger partial charge in [-0.05, 0) is 43.2 Å². The van der Waals surface area contributed by atoms with E-state index < -0.39 is 5.63 Å². The monoisotopic (exact) mass is 386 g/mol. The van der Waals surface area contributed by atoms with Crippen LogP contribution in [-0.2, 0) is 19.5 Å². The zero-order valence-corrected chi connectivity index (χ0v) is 16.3. The smallest absolute Gasteiger partial charge is 0.336 e. The molecule has 1 unspecified atom stereocenters. The molecule has 3 rings (SSSR count). The first-order chi connectivity index (χ1) is 13.4. The van der Waals surface area contributed by atoms with Crippen LogP contribution in [0.2, 0.25) is 0 Å². The second-order valence-corrected chi connectivity index (χ2v) is 6.85. The minimum atomic E-state index is -0.447. The van der Waals surface area contributed by atoms with Gasteiger partial charge in [0.15, 0.2) is 11.6 Å². The van der Waals surface area contributed by atoms with Gasteiger partial charge in [-0.3, -0.25) is 0 Å². The van der Waals surface area contributed by atoms with Gasteiger partial charge in [0.05, 0.1) is 13.7 Å². The molecule has 0 aliphatic carbocycles. The third kappa shape index (κ3) is 4.17. The molecule has 0 aliphatic heterocycles. The molecule has 0 amide bonds. The van der Waals surface area contributed by atoms with E-state index in [1.165, 1.54) is 30.2 Å². The Hall–Kier alpha value is -2.86. The van der Waals surface area contributed by atoms with Crippen molar-refractivity contribution in [2.45, 2.75) is 33.4 Å². The number of quaternary nitrogens is 1. The lowest BCUT2D eigenvalue weighted by Gasteiger charge is -2.19. The predicted molar refractivity (Wildman–Crippen MR) is 105 cm³/mol. The number of phenolic OH excluding ortho intramolecular Hbond substituents is 1. The minimum Gasteiger partial charge on any atom is -0.508 e. The van der Waals surface area contributed by atoms with Gasteiger partial charge in [0, 0.05) is 28.6 Å². The van der Waals surface area contributed by atoms with Crippen molar-refractivity contribution in [3.05, 3.63) is 69.3 Å². The molecule has 6 heteroatoms. The number of hydrogen-bond acceptors (Lipinski definition) is 4. The molecule has 1 aromatic heterocycles. The van der Waals surface area contributed by atoms with Crippen molar-refractivity contribution in [2.75, 3.05) is 13.7 Å². The van der Waals surface area contributed by atoms with E-state index in [1.807, 2.05) is 26.0 Å². The fourth-order valence-electron chi connectivity index (χ4n) is 3.43.